The van der Waals surface area contributed by atoms with E-state index < -0.39 is 5.60 Å². The zero-order chi connectivity index (χ0) is 74.9. The van der Waals surface area contributed by atoms with Gasteiger partial charge in [0.05, 0.1) is 27.2 Å². The van der Waals surface area contributed by atoms with E-state index in [2.05, 4.69) is 62.3 Å². The fourth-order valence-corrected chi connectivity index (χ4v) is 21.6. The smallest absolute Gasteiger partial charge is 0.338 e. The van der Waals surface area contributed by atoms with Crippen molar-refractivity contribution in [1.29, 1.82) is 0 Å². The number of esters is 5. The van der Waals surface area contributed by atoms with Crippen molar-refractivity contribution in [3.63, 3.8) is 0 Å². The molecule has 0 aromatic heterocycles. The Hall–Kier alpha value is -3.43. The van der Waals surface area contributed by atoms with Crippen LogP contribution >= 0.6 is 0 Å². The molecule has 0 aliphatic heterocycles. The van der Waals surface area contributed by atoms with E-state index in [1.165, 1.54) is 82.6 Å². The van der Waals surface area contributed by atoms with Gasteiger partial charge in [-0.2, -0.15) is 0 Å². The number of rotatable bonds is 14. The molecule has 0 saturated heterocycles. The Labute approximate surface area is 666 Å². The molecule has 12 saturated carbocycles. The van der Waals surface area contributed by atoms with Crippen LogP contribution in [0.1, 0.15) is 411 Å². The molecule has 0 radical (unpaired) electrons. The summed E-state index contributed by atoms with van der Waals surface area (Å²) in [6, 6.07) is 7.73. The molecule has 12 fully saturated rings. The van der Waals surface area contributed by atoms with Crippen molar-refractivity contribution in [2.24, 2.45) is 128 Å². The molecular weight excluding hydrogens is 1330 g/mol. The topological polar surface area (TPSA) is 132 Å². The van der Waals surface area contributed by atoms with Crippen LogP contribution in [0, 0.1) is 128 Å². The Kier molecular flexibility index (Phi) is 41.3. The lowest BCUT2D eigenvalue weighted by molar-refractivity contribution is -0.180. The second-order valence-corrected chi connectivity index (χ2v) is 38.8. The summed E-state index contributed by atoms with van der Waals surface area (Å²) >= 11 is 0. The highest BCUT2D eigenvalue weighted by Crippen LogP contribution is 2.73. The molecule has 21 unspecified atom stereocenters. The zero-order valence-electron chi connectivity index (χ0n) is 69.4. The van der Waals surface area contributed by atoms with Crippen molar-refractivity contribution in [2.75, 3.05) is 0 Å². The average molecular weight is 1510 g/mol. The Morgan fingerprint density at radius 2 is 0.561 bits per heavy atom. The maximum Gasteiger partial charge on any atom is 0.338 e. The normalized spacial score (nSPS) is 33.4. The van der Waals surface area contributed by atoms with Gasteiger partial charge in [0.2, 0.25) is 0 Å². The van der Waals surface area contributed by atoms with Crippen molar-refractivity contribution in [1.82, 2.24) is 0 Å². The van der Waals surface area contributed by atoms with E-state index in [0.717, 1.165) is 140 Å². The van der Waals surface area contributed by atoms with Gasteiger partial charge in [-0.25, -0.2) is 4.79 Å². The van der Waals surface area contributed by atoms with E-state index in [4.69, 9.17) is 23.7 Å². The van der Waals surface area contributed by atoms with Gasteiger partial charge in [-0.3, -0.25) is 19.2 Å². The third-order valence-corrected chi connectivity index (χ3v) is 28.5. The summed E-state index contributed by atoms with van der Waals surface area (Å²) in [6.07, 6.45) is 25.0. The number of fused-ring (bicyclic) bond motifs is 27. The average Bonchev–Trinajstić information content (AvgIpc) is 1.55. The van der Waals surface area contributed by atoms with E-state index in [9.17, 15) is 24.0 Å². The minimum absolute atomic E-state index is 0. The molecule has 0 spiro atoms. The van der Waals surface area contributed by atoms with Crippen LogP contribution in [0.4, 0.5) is 0 Å². The molecule has 21 atom stereocenters. The molecule has 632 valence electrons. The molecule has 12 bridgehead atoms. The summed E-state index contributed by atoms with van der Waals surface area (Å²) in [7, 11) is 0. The lowest BCUT2D eigenvalue weighted by Gasteiger charge is -2.45. The number of benzene rings is 1. The van der Waals surface area contributed by atoms with Crippen LogP contribution in [-0.2, 0) is 48.3 Å². The molecule has 1 aromatic rings. The van der Waals surface area contributed by atoms with Crippen molar-refractivity contribution >= 4 is 29.8 Å². The standard InChI is InChI=1S/3C19H30O2.C16H24O2.C10H20O2.3C2H6.8CH4/c3*1-5-18(2,3)17(20)21-19(4)10-13-9-14(19)16-12-7-6-11(8-12)15(13)16;1-7-16(5,6)13-10-8-12(9-11-13)14(17)18-15(2,3)4;1-7-10(5,6)8(11)12-9(2,3)4;3*1-2;;;;;;;;/h3*11-16H,5-10H2,1-4H3;8-11H,7H2,1-6H3;7H2,1-6H3;3*1-2H3;8*1H4. The predicted molar refractivity (Wildman–Crippen MR) is 461 cm³/mol. The lowest BCUT2D eigenvalue weighted by atomic mass is 9.66. The fourth-order valence-electron chi connectivity index (χ4n) is 21.6. The first-order valence-corrected chi connectivity index (χ1v) is 41.2. The monoisotopic (exact) mass is 1510 g/mol. The first-order chi connectivity index (χ1) is 45.9. The van der Waals surface area contributed by atoms with Crippen LogP contribution in [-0.4, -0.2) is 57.9 Å². The van der Waals surface area contributed by atoms with Crippen molar-refractivity contribution in [3.05, 3.63) is 35.4 Å². The second-order valence-electron chi connectivity index (χ2n) is 38.8. The Morgan fingerprint density at radius 3 is 0.785 bits per heavy atom. The molecular formula is C97H184O10. The molecule has 0 N–H and O–H groups in total. The van der Waals surface area contributed by atoms with Gasteiger partial charge in [0.15, 0.2) is 0 Å². The van der Waals surface area contributed by atoms with Crippen molar-refractivity contribution in [3.8, 4) is 0 Å². The highest BCUT2D eigenvalue weighted by atomic mass is 16.6. The van der Waals surface area contributed by atoms with Crippen LogP contribution in [0.3, 0.4) is 0 Å². The number of carbonyl (C=O) groups excluding carboxylic acids is 5. The SMILES string of the molecule is C.C.C.C.C.C.C.C.CC.CC.CC.CCC(C)(C)C(=O)OC(C)(C)C.CCC(C)(C)C(=O)OC1(C)CC2CC1C1C3CCC(C3)C21.CCC(C)(C)C(=O)OC1(C)CC2CC1C1C3CCC(C3)C21.CCC(C)(C)C(=O)OC1(C)CC2CC1C1C3CCC(C3)C21.CCC(C)(C)c1ccc(C(=O)OC(C)(C)C)cc1. The molecule has 107 heavy (non-hydrogen) atoms. The third kappa shape index (κ3) is 23.0. The number of hydrogen-bond donors (Lipinski definition) is 0. The third-order valence-electron chi connectivity index (χ3n) is 28.5. The fraction of sp³-hybridized carbons (Fsp3) is 0.887. The predicted octanol–water partition coefficient (Wildman–Crippen LogP) is 28.5. The van der Waals surface area contributed by atoms with Crippen LogP contribution in [0.2, 0.25) is 0 Å². The molecule has 0 amide bonds. The molecule has 12 aliphatic rings. The number of carbonyl (C=O) groups is 5. The summed E-state index contributed by atoms with van der Waals surface area (Å²) in [6.45, 7) is 60.7. The van der Waals surface area contributed by atoms with Crippen molar-refractivity contribution < 1.29 is 47.7 Å². The highest BCUT2D eigenvalue weighted by Gasteiger charge is 2.70. The van der Waals surface area contributed by atoms with E-state index >= 15 is 0 Å². The minimum atomic E-state index is -0.446. The maximum atomic E-state index is 12.6. The summed E-state index contributed by atoms with van der Waals surface area (Å²) in [5, 5.41) is 0. The second kappa shape index (κ2) is 41.0. The van der Waals surface area contributed by atoms with Crippen LogP contribution < -0.4 is 0 Å². The maximum absolute atomic E-state index is 12.6. The largest absolute Gasteiger partial charge is 0.460 e. The van der Waals surface area contributed by atoms with Crippen LogP contribution in [0.25, 0.3) is 0 Å². The summed E-state index contributed by atoms with van der Waals surface area (Å²) < 4.78 is 29.1. The molecule has 10 nitrogen and oxygen atoms in total. The first-order valence-electron chi connectivity index (χ1n) is 41.2. The quantitative estimate of drug-likeness (QED) is 0.101. The number of hydrogen-bond acceptors (Lipinski definition) is 10. The molecule has 12 aliphatic carbocycles. The van der Waals surface area contributed by atoms with Gasteiger partial charge in [0.1, 0.15) is 28.0 Å². The van der Waals surface area contributed by atoms with Gasteiger partial charge in [0, 0.05) is 17.8 Å². The first kappa shape index (κ1) is 108. The molecule has 13 rings (SSSR count). The van der Waals surface area contributed by atoms with E-state index in [1.54, 1.807) is 0 Å². The molecule has 10 heteroatoms. The van der Waals surface area contributed by atoms with Gasteiger partial charge in [-0.05, 0) is 358 Å². The van der Waals surface area contributed by atoms with Gasteiger partial charge in [-0.15, -0.1) is 0 Å². The van der Waals surface area contributed by atoms with Gasteiger partial charge in [-0.1, -0.05) is 162 Å². The van der Waals surface area contributed by atoms with Gasteiger partial charge in [0.25, 0.3) is 0 Å². The van der Waals surface area contributed by atoms with Crippen LogP contribution in [0.15, 0.2) is 24.3 Å². The molecule has 1 aromatic carbocycles. The highest BCUT2D eigenvalue weighted by molar-refractivity contribution is 5.89. The summed E-state index contributed by atoms with van der Waals surface area (Å²) in [4.78, 5) is 61.0. The van der Waals surface area contributed by atoms with E-state index in [1.807, 2.05) is 170 Å². The minimum Gasteiger partial charge on any atom is -0.460 e. The van der Waals surface area contributed by atoms with Gasteiger partial charge < -0.3 is 23.7 Å². The van der Waals surface area contributed by atoms with Crippen molar-refractivity contribution in [2.45, 2.75) is 429 Å². The number of ether oxygens (including phenoxy) is 5. The molecule has 0 heterocycles. The Balaban J connectivity index is -0.00000123. The lowest BCUT2D eigenvalue weighted by Crippen LogP contribution is -2.47. The van der Waals surface area contributed by atoms with Gasteiger partial charge >= 0.3 is 29.8 Å². The van der Waals surface area contributed by atoms with Crippen LogP contribution in [0.5, 0.6) is 0 Å². The van der Waals surface area contributed by atoms with E-state index in [-0.39, 0.29) is 139 Å². The summed E-state index contributed by atoms with van der Waals surface area (Å²) in [5.74, 6) is 15.7. The summed E-state index contributed by atoms with van der Waals surface area (Å²) in [5.41, 5.74) is -0.671. The Morgan fingerprint density at radius 1 is 0.327 bits per heavy atom. The zero-order valence-corrected chi connectivity index (χ0v) is 69.4. The Bertz CT molecular complexity index is 2640. The van der Waals surface area contributed by atoms with E-state index in [0.29, 0.717) is 23.3 Å².